The lowest BCUT2D eigenvalue weighted by Crippen LogP contribution is -2.23. The average molecular weight is 363 g/mol. The fourth-order valence-corrected chi connectivity index (χ4v) is 3.07. The van der Waals surface area contributed by atoms with Crippen LogP contribution in [0.3, 0.4) is 0 Å². The number of amides is 1. The van der Waals surface area contributed by atoms with E-state index in [0.29, 0.717) is 17.1 Å². The molecule has 140 valence electrons. The molecular weight excluding hydrogens is 338 g/mol. The molecule has 1 aromatic heterocycles. The van der Waals surface area contributed by atoms with Crippen LogP contribution in [0.5, 0.6) is 0 Å². The fraction of sp³-hybridized carbons (Fsp3) is 0.286. The molecule has 6 nitrogen and oxygen atoms in total. The molecule has 0 unspecified atom stereocenters. The number of nitrogens with zero attached hydrogens (tertiary/aromatic N) is 4. The van der Waals surface area contributed by atoms with Crippen LogP contribution in [0.4, 0.5) is 11.4 Å². The first-order valence-electron chi connectivity index (χ1n) is 9.23. The summed E-state index contributed by atoms with van der Waals surface area (Å²) in [5.74, 6) is 0.564. The number of benzene rings is 2. The highest BCUT2D eigenvalue weighted by atomic mass is 16.1. The van der Waals surface area contributed by atoms with E-state index in [0.717, 1.165) is 30.8 Å². The van der Waals surface area contributed by atoms with E-state index in [2.05, 4.69) is 34.3 Å². The summed E-state index contributed by atoms with van der Waals surface area (Å²) in [6.07, 6.45) is 2.73. The number of carbonyl (C=O) groups excluding carboxylic acids is 1. The van der Waals surface area contributed by atoms with E-state index in [-0.39, 0.29) is 5.91 Å². The van der Waals surface area contributed by atoms with Gasteiger partial charge in [-0.15, -0.1) is 10.2 Å². The maximum atomic E-state index is 12.7. The molecule has 6 heteroatoms. The Morgan fingerprint density at radius 3 is 2.48 bits per heavy atom. The van der Waals surface area contributed by atoms with Gasteiger partial charge in [0.2, 0.25) is 0 Å². The number of hydrogen-bond donors (Lipinski definition) is 1. The molecule has 1 N–H and O–H groups in total. The molecule has 1 heterocycles. The Morgan fingerprint density at radius 2 is 1.85 bits per heavy atom. The minimum absolute atomic E-state index is 0.144. The van der Waals surface area contributed by atoms with Gasteiger partial charge in [0.25, 0.3) is 5.91 Å². The van der Waals surface area contributed by atoms with Gasteiger partial charge < -0.3 is 14.8 Å². The normalized spacial score (nSPS) is 10.6. The monoisotopic (exact) mass is 363 g/mol. The third kappa shape index (κ3) is 4.16. The molecule has 2 aromatic carbocycles. The van der Waals surface area contributed by atoms with Crippen LogP contribution in [-0.4, -0.2) is 33.8 Å². The smallest absolute Gasteiger partial charge is 0.255 e. The Morgan fingerprint density at radius 1 is 1.11 bits per heavy atom. The summed E-state index contributed by atoms with van der Waals surface area (Å²) in [6, 6.07) is 15.3. The van der Waals surface area contributed by atoms with Crippen LogP contribution < -0.4 is 10.2 Å². The molecule has 0 fully saturated rings. The van der Waals surface area contributed by atoms with Crippen LogP contribution in [0.2, 0.25) is 0 Å². The van der Waals surface area contributed by atoms with E-state index in [1.165, 1.54) is 0 Å². The molecule has 0 radical (unpaired) electrons. The average Bonchev–Trinajstić information content (AvgIpc) is 3.12. The molecule has 3 rings (SSSR count). The summed E-state index contributed by atoms with van der Waals surface area (Å²) in [5, 5.41) is 11.1. The topological polar surface area (TPSA) is 63.1 Å². The van der Waals surface area contributed by atoms with E-state index >= 15 is 0 Å². The number of aromatic nitrogens is 3. The van der Waals surface area contributed by atoms with Crippen molar-refractivity contribution in [1.29, 1.82) is 0 Å². The van der Waals surface area contributed by atoms with Crippen molar-refractivity contribution in [1.82, 2.24) is 14.8 Å². The number of anilines is 2. The van der Waals surface area contributed by atoms with Crippen molar-refractivity contribution < 1.29 is 4.79 Å². The lowest BCUT2D eigenvalue weighted by Gasteiger charge is -2.22. The second kappa shape index (κ2) is 8.49. The fourth-order valence-electron chi connectivity index (χ4n) is 3.07. The lowest BCUT2D eigenvalue weighted by atomic mass is 10.1. The van der Waals surface area contributed by atoms with Crippen molar-refractivity contribution in [2.24, 2.45) is 7.05 Å². The molecule has 0 bridgehead atoms. The van der Waals surface area contributed by atoms with Gasteiger partial charge in [-0.2, -0.15) is 0 Å². The molecular formula is C21H25N5O. The quantitative estimate of drug-likeness (QED) is 0.690. The molecule has 0 aliphatic heterocycles. The highest BCUT2D eigenvalue weighted by molar-refractivity contribution is 6.06. The lowest BCUT2D eigenvalue weighted by molar-refractivity contribution is 0.102. The standard InChI is InChI=1S/C21H25N5O/c1-4-14-26(5-2)17-12-10-16(11-13-17)21(27)23-19-9-7-6-8-18(19)20-24-22-15-25(20)3/h6-13,15H,4-5,14H2,1-3H3,(H,23,27). The second-order valence-electron chi connectivity index (χ2n) is 6.39. The van der Waals surface area contributed by atoms with Gasteiger partial charge in [0.1, 0.15) is 6.33 Å². The van der Waals surface area contributed by atoms with Crippen molar-refractivity contribution in [3.05, 3.63) is 60.4 Å². The molecule has 0 aliphatic carbocycles. The molecule has 0 saturated heterocycles. The molecule has 1 amide bonds. The van der Waals surface area contributed by atoms with Gasteiger partial charge in [-0.1, -0.05) is 19.1 Å². The largest absolute Gasteiger partial charge is 0.372 e. The number of carbonyl (C=O) groups is 1. The maximum absolute atomic E-state index is 12.7. The van der Waals surface area contributed by atoms with Crippen molar-refractivity contribution >= 4 is 17.3 Å². The Hall–Kier alpha value is -3.15. The van der Waals surface area contributed by atoms with Crippen LogP contribution in [0.25, 0.3) is 11.4 Å². The summed E-state index contributed by atoms with van der Waals surface area (Å²) in [5.41, 5.74) is 3.31. The maximum Gasteiger partial charge on any atom is 0.255 e. The highest BCUT2D eigenvalue weighted by Crippen LogP contribution is 2.26. The minimum atomic E-state index is -0.144. The van der Waals surface area contributed by atoms with Crippen LogP contribution in [0.15, 0.2) is 54.9 Å². The number of rotatable bonds is 7. The zero-order valence-electron chi connectivity index (χ0n) is 16.0. The van der Waals surface area contributed by atoms with Gasteiger partial charge in [-0.25, -0.2) is 0 Å². The van der Waals surface area contributed by atoms with Crippen molar-refractivity contribution in [2.75, 3.05) is 23.3 Å². The van der Waals surface area contributed by atoms with Gasteiger partial charge in [0.05, 0.1) is 5.69 Å². The molecule has 0 spiro atoms. The summed E-state index contributed by atoms with van der Waals surface area (Å²) >= 11 is 0. The van der Waals surface area contributed by atoms with Crippen molar-refractivity contribution in [3.8, 4) is 11.4 Å². The zero-order chi connectivity index (χ0) is 19.2. The first-order valence-corrected chi connectivity index (χ1v) is 9.23. The third-order valence-electron chi connectivity index (χ3n) is 4.50. The zero-order valence-corrected chi connectivity index (χ0v) is 16.0. The second-order valence-corrected chi connectivity index (χ2v) is 6.39. The number of para-hydroxylation sites is 1. The molecule has 0 aliphatic rings. The van der Waals surface area contributed by atoms with Gasteiger partial charge >= 0.3 is 0 Å². The Kier molecular flexibility index (Phi) is 5.86. The summed E-state index contributed by atoms with van der Waals surface area (Å²) in [6.45, 7) is 6.26. The first-order chi connectivity index (χ1) is 13.1. The van der Waals surface area contributed by atoms with E-state index in [1.54, 1.807) is 6.33 Å². The van der Waals surface area contributed by atoms with Gasteiger partial charge in [0, 0.05) is 37.0 Å². The number of nitrogens with one attached hydrogen (secondary N) is 1. The van der Waals surface area contributed by atoms with Gasteiger partial charge in [0.15, 0.2) is 5.82 Å². The molecule has 0 saturated carbocycles. The predicted molar refractivity (Wildman–Crippen MR) is 109 cm³/mol. The van der Waals surface area contributed by atoms with Crippen molar-refractivity contribution in [2.45, 2.75) is 20.3 Å². The Bertz CT molecular complexity index is 901. The van der Waals surface area contributed by atoms with E-state index < -0.39 is 0 Å². The Balaban J connectivity index is 1.80. The van der Waals surface area contributed by atoms with Crippen LogP contribution in [0, 0.1) is 0 Å². The number of hydrogen-bond acceptors (Lipinski definition) is 4. The Labute approximate surface area is 159 Å². The van der Waals surface area contributed by atoms with Crippen LogP contribution >= 0.6 is 0 Å². The number of aryl methyl sites for hydroxylation is 1. The molecule has 27 heavy (non-hydrogen) atoms. The predicted octanol–water partition coefficient (Wildman–Crippen LogP) is 3.97. The first kappa shape index (κ1) is 18.6. The SMILES string of the molecule is CCCN(CC)c1ccc(C(=O)Nc2ccccc2-c2nncn2C)cc1. The summed E-state index contributed by atoms with van der Waals surface area (Å²) in [7, 11) is 1.88. The molecule has 0 atom stereocenters. The van der Waals surface area contributed by atoms with E-state index in [4.69, 9.17) is 0 Å². The molecule has 3 aromatic rings. The summed E-state index contributed by atoms with van der Waals surface area (Å²) in [4.78, 5) is 15.0. The van der Waals surface area contributed by atoms with Gasteiger partial charge in [-0.3, -0.25) is 4.79 Å². The van der Waals surface area contributed by atoms with Crippen LogP contribution in [-0.2, 0) is 7.05 Å². The summed E-state index contributed by atoms with van der Waals surface area (Å²) < 4.78 is 1.83. The van der Waals surface area contributed by atoms with Gasteiger partial charge in [-0.05, 0) is 49.7 Å². The van der Waals surface area contributed by atoms with E-state index in [1.807, 2.05) is 60.1 Å². The highest BCUT2D eigenvalue weighted by Gasteiger charge is 2.13. The van der Waals surface area contributed by atoms with Crippen molar-refractivity contribution in [3.63, 3.8) is 0 Å². The minimum Gasteiger partial charge on any atom is -0.372 e. The van der Waals surface area contributed by atoms with Crippen LogP contribution in [0.1, 0.15) is 30.6 Å². The van der Waals surface area contributed by atoms with E-state index in [9.17, 15) is 4.79 Å². The third-order valence-corrected chi connectivity index (χ3v) is 4.50.